The lowest BCUT2D eigenvalue weighted by atomic mass is 10.0. The third kappa shape index (κ3) is 4.37. The van der Waals surface area contributed by atoms with Gasteiger partial charge in [-0.3, -0.25) is 4.84 Å². The number of piperidine rings is 1. The van der Waals surface area contributed by atoms with Crippen LogP contribution in [0.5, 0.6) is 0 Å². The second kappa shape index (κ2) is 5.95. The van der Waals surface area contributed by atoms with Crippen LogP contribution in [0.2, 0.25) is 0 Å². The zero-order valence-electron chi connectivity index (χ0n) is 10.3. The summed E-state index contributed by atoms with van der Waals surface area (Å²) in [6.07, 6.45) is 1.84. The standard InChI is InChI=1S/C10H22N2O3S/c1-9(2)8-15-11-16(13,14)12-6-4-10(3)5-7-12/h9-11H,4-8H2,1-3H3. The maximum atomic E-state index is 11.8. The molecular weight excluding hydrogens is 228 g/mol. The number of rotatable bonds is 5. The zero-order chi connectivity index (χ0) is 12.2. The maximum absolute atomic E-state index is 11.8. The number of nitrogens with one attached hydrogen (secondary N) is 1. The zero-order valence-corrected chi connectivity index (χ0v) is 11.1. The van der Waals surface area contributed by atoms with E-state index in [9.17, 15) is 8.42 Å². The summed E-state index contributed by atoms with van der Waals surface area (Å²) >= 11 is 0. The Balaban J connectivity index is 2.38. The summed E-state index contributed by atoms with van der Waals surface area (Å²) < 4.78 is 25.0. The van der Waals surface area contributed by atoms with Crippen molar-refractivity contribution in [1.82, 2.24) is 9.19 Å². The maximum Gasteiger partial charge on any atom is 0.301 e. The van der Waals surface area contributed by atoms with Gasteiger partial charge in [-0.25, -0.2) is 0 Å². The van der Waals surface area contributed by atoms with Crippen molar-refractivity contribution in [1.29, 1.82) is 0 Å². The Morgan fingerprint density at radius 3 is 2.44 bits per heavy atom. The number of hydrogen-bond acceptors (Lipinski definition) is 3. The molecule has 1 saturated heterocycles. The monoisotopic (exact) mass is 250 g/mol. The minimum Gasteiger partial charge on any atom is -0.286 e. The highest BCUT2D eigenvalue weighted by Gasteiger charge is 2.26. The van der Waals surface area contributed by atoms with Gasteiger partial charge < -0.3 is 0 Å². The molecule has 0 unspecified atom stereocenters. The van der Waals surface area contributed by atoms with E-state index in [1.165, 1.54) is 4.31 Å². The fourth-order valence-corrected chi connectivity index (χ4v) is 2.57. The van der Waals surface area contributed by atoms with Crippen LogP contribution in [-0.2, 0) is 15.0 Å². The molecule has 0 saturated carbocycles. The first-order valence-electron chi connectivity index (χ1n) is 5.80. The van der Waals surface area contributed by atoms with Crippen molar-refractivity contribution in [3.8, 4) is 0 Å². The van der Waals surface area contributed by atoms with E-state index < -0.39 is 10.2 Å². The third-order valence-corrected chi connectivity index (χ3v) is 4.04. The van der Waals surface area contributed by atoms with E-state index in [0.717, 1.165) is 12.8 Å². The molecule has 0 amide bonds. The Morgan fingerprint density at radius 1 is 1.38 bits per heavy atom. The van der Waals surface area contributed by atoms with Gasteiger partial charge in [-0.15, -0.1) is 0 Å². The molecule has 1 N–H and O–H groups in total. The van der Waals surface area contributed by atoms with E-state index in [2.05, 4.69) is 11.8 Å². The molecule has 16 heavy (non-hydrogen) atoms. The fraction of sp³-hybridized carbons (Fsp3) is 1.00. The average Bonchev–Trinajstić information content (AvgIpc) is 2.17. The van der Waals surface area contributed by atoms with Crippen molar-refractivity contribution < 1.29 is 13.3 Å². The molecule has 0 aromatic rings. The topological polar surface area (TPSA) is 58.6 Å². The highest BCUT2D eigenvalue weighted by atomic mass is 32.2. The molecule has 6 heteroatoms. The van der Waals surface area contributed by atoms with E-state index >= 15 is 0 Å². The minimum atomic E-state index is -3.44. The Labute approximate surface area is 98.3 Å². The van der Waals surface area contributed by atoms with Gasteiger partial charge in [0.15, 0.2) is 0 Å². The van der Waals surface area contributed by atoms with Crippen molar-refractivity contribution in [3.63, 3.8) is 0 Å². The lowest BCUT2D eigenvalue weighted by Crippen LogP contribution is -2.44. The first-order valence-corrected chi connectivity index (χ1v) is 7.24. The molecule has 0 spiro atoms. The van der Waals surface area contributed by atoms with Gasteiger partial charge in [0.1, 0.15) is 0 Å². The quantitative estimate of drug-likeness (QED) is 0.744. The van der Waals surface area contributed by atoms with Crippen LogP contribution < -0.4 is 4.89 Å². The van der Waals surface area contributed by atoms with Gasteiger partial charge in [0.2, 0.25) is 0 Å². The molecule has 0 atom stereocenters. The van der Waals surface area contributed by atoms with Gasteiger partial charge in [0.05, 0.1) is 6.61 Å². The number of nitrogens with zero attached hydrogens (tertiary/aromatic N) is 1. The van der Waals surface area contributed by atoms with Crippen LogP contribution in [0.3, 0.4) is 0 Å². The molecule has 1 aliphatic rings. The van der Waals surface area contributed by atoms with E-state index in [0.29, 0.717) is 31.5 Å². The molecular formula is C10H22N2O3S. The first-order chi connectivity index (χ1) is 7.42. The normalized spacial score (nSPS) is 20.5. The van der Waals surface area contributed by atoms with Gasteiger partial charge in [-0.1, -0.05) is 25.7 Å². The number of hydrogen-bond donors (Lipinski definition) is 1. The Hall–Kier alpha value is -0.170. The van der Waals surface area contributed by atoms with Crippen molar-refractivity contribution >= 4 is 10.2 Å². The second-order valence-electron chi connectivity index (χ2n) is 4.87. The van der Waals surface area contributed by atoms with Crippen molar-refractivity contribution in [2.24, 2.45) is 11.8 Å². The van der Waals surface area contributed by atoms with Crippen LogP contribution >= 0.6 is 0 Å². The molecule has 1 rings (SSSR count). The van der Waals surface area contributed by atoms with Crippen molar-refractivity contribution in [2.45, 2.75) is 33.6 Å². The van der Waals surface area contributed by atoms with Gasteiger partial charge in [-0.05, 0) is 24.7 Å². The average molecular weight is 250 g/mol. The molecule has 96 valence electrons. The SMILES string of the molecule is CC(C)CONS(=O)(=O)N1CCC(C)CC1. The summed E-state index contributed by atoms with van der Waals surface area (Å²) in [5, 5.41) is 0. The van der Waals surface area contributed by atoms with Crippen molar-refractivity contribution in [2.75, 3.05) is 19.7 Å². The third-order valence-electron chi connectivity index (χ3n) is 2.66. The lowest BCUT2D eigenvalue weighted by molar-refractivity contribution is 0.0663. The summed E-state index contributed by atoms with van der Waals surface area (Å²) in [4.78, 5) is 7.13. The summed E-state index contributed by atoms with van der Waals surface area (Å²) in [5.41, 5.74) is 0. The van der Waals surface area contributed by atoms with Gasteiger partial charge in [0, 0.05) is 13.1 Å². The lowest BCUT2D eigenvalue weighted by Gasteiger charge is -2.29. The summed E-state index contributed by atoms with van der Waals surface area (Å²) in [6.45, 7) is 7.65. The molecule has 0 radical (unpaired) electrons. The summed E-state index contributed by atoms with van der Waals surface area (Å²) in [5.74, 6) is 0.923. The van der Waals surface area contributed by atoms with E-state index in [1.807, 2.05) is 13.8 Å². The molecule has 0 bridgehead atoms. The fourth-order valence-electron chi connectivity index (χ4n) is 1.55. The van der Waals surface area contributed by atoms with Gasteiger partial charge >= 0.3 is 10.2 Å². The second-order valence-corrected chi connectivity index (χ2v) is 6.51. The first kappa shape index (κ1) is 13.9. The molecule has 1 heterocycles. The Morgan fingerprint density at radius 2 is 1.94 bits per heavy atom. The van der Waals surface area contributed by atoms with E-state index in [1.54, 1.807) is 0 Å². The summed E-state index contributed by atoms with van der Waals surface area (Å²) in [6, 6.07) is 0. The molecule has 0 aromatic heterocycles. The molecule has 5 nitrogen and oxygen atoms in total. The van der Waals surface area contributed by atoms with E-state index in [-0.39, 0.29) is 0 Å². The van der Waals surface area contributed by atoms with Crippen LogP contribution in [0, 0.1) is 11.8 Å². The molecule has 1 fully saturated rings. The van der Waals surface area contributed by atoms with E-state index in [4.69, 9.17) is 4.84 Å². The predicted molar refractivity (Wildman–Crippen MR) is 62.8 cm³/mol. The molecule has 0 aliphatic carbocycles. The molecule has 1 aliphatic heterocycles. The van der Waals surface area contributed by atoms with Crippen LogP contribution in [0.1, 0.15) is 33.6 Å². The van der Waals surface area contributed by atoms with Gasteiger partial charge in [-0.2, -0.15) is 12.7 Å². The van der Waals surface area contributed by atoms with Crippen molar-refractivity contribution in [3.05, 3.63) is 0 Å². The highest BCUT2D eigenvalue weighted by molar-refractivity contribution is 7.87. The highest BCUT2D eigenvalue weighted by Crippen LogP contribution is 2.17. The van der Waals surface area contributed by atoms with Crippen LogP contribution in [0.15, 0.2) is 0 Å². The minimum absolute atomic E-state index is 0.309. The largest absolute Gasteiger partial charge is 0.301 e. The summed E-state index contributed by atoms with van der Waals surface area (Å²) in [7, 11) is -3.44. The smallest absolute Gasteiger partial charge is 0.286 e. The Kier molecular flexibility index (Phi) is 5.17. The van der Waals surface area contributed by atoms with Crippen LogP contribution in [0.4, 0.5) is 0 Å². The van der Waals surface area contributed by atoms with Crippen LogP contribution in [0.25, 0.3) is 0 Å². The van der Waals surface area contributed by atoms with Gasteiger partial charge in [0.25, 0.3) is 0 Å². The van der Waals surface area contributed by atoms with Crippen LogP contribution in [-0.4, -0.2) is 32.4 Å². The molecule has 0 aromatic carbocycles. The predicted octanol–water partition coefficient (Wildman–Crippen LogP) is 1.14. The Bertz CT molecular complexity index is 295.